The summed E-state index contributed by atoms with van der Waals surface area (Å²) in [7, 11) is 0. The summed E-state index contributed by atoms with van der Waals surface area (Å²) in [6.45, 7) is 2.54. The molecule has 5 heteroatoms. The molecular formula is C12H14BrN3O. The van der Waals surface area contributed by atoms with Gasteiger partial charge in [-0.2, -0.15) is 5.10 Å². The Morgan fingerprint density at radius 1 is 1.41 bits per heavy atom. The number of nitrogens with two attached hydrogens (primary N) is 1. The van der Waals surface area contributed by atoms with Crippen molar-refractivity contribution in [1.29, 1.82) is 0 Å². The molecule has 2 rings (SSSR count). The van der Waals surface area contributed by atoms with E-state index in [0.29, 0.717) is 6.54 Å². The number of aromatic hydroxyl groups is 1. The minimum Gasteiger partial charge on any atom is -0.508 e. The van der Waals surface area contributed by atoms with E-state index in [1.165, 1.54) is 0 Å². The molecule has 1 aromatic heterocycles. The average molecular weight is 296 g/mol. The summed E-state index contributed by atoms with van der Waals surface area (Å²) in [4.78, 5) is 0. The molecule has 0 aliphatic heterocycles. The molecule has 1 atom stereocenters. The third-order valence-corrected chi connectivity index (χ3v) is 3.23. The maximum Gasteiger partial charge on any atom is 0.115 e. The van der Waals surface area contributed by atoms with Crippen molar-refractivity contribution in [2.45, 2.75) is 13.0 Å². The summed E-state index contributed by atoms with van der Waals surface area (Å²) in [5.41, 5.74) is 7.64. The van der Waals surface area contributed by atoms with E-state index in [9.17, 15) is 5.11 Å². The molecule has 0 aliphatic carbocycles. The van der Waals surface area contributed by atoms with Crippen LogP contribution in [0.1, 0.15) is 13.0 Å². The molecule has 2 aromatic rings. The second-order valence-corrected chi connectivity index (χ2v) is 4.77. The number of nitrogens with zero attached hydrogens (tertiary/aromatic N) is 2. The normalized spacial score (nSPS) is 12.6. The van der Waals surface area contributed by atoms with Crippen LogP contribution in [0.4, 0.5) is 0 Å². The summed E-state index contributed by atoms with van der Waals surface area (Å²) in [6.07, 6.45) is 1.76. The minimum atomic E-state index is 0.130. The summed E-state index contributed by atoms with van der Waals surface area (Å²) < 4.78 is 2.81. The molecule has 0 saturated heterocycles. The molecule has 0 aliphatic rings. The fourth-order valence-corrected chi connectivity index (χ4v) is 2.17. The highest BCUT2D eigenvalue weighted by atomic mass is 79.9. The zero-order chi connectivity index (χ0) is 12.4. The van der Waals surface area contributed by atoms with Crippen LogP contribution in [0.5, 0.6) is 5.75 Å². The van der Waals surface area contributed by atoms with Crippen LogP contribution in [0.3, 0.4) is 0 Å². The minimum absolute atomic E-state index is 0.130. The maximum absolute atomic E-state index is 9.29. The molecule has 0 saturated carbocycles. The number of phenols is 1. The number of hydrogen-bond acceptors (Lipinski definition) is 3. The highest BCUT2D eigenvalue weighted by molar-refractivity contribution is 9.10. The lowest BCUT2D eigenvalue weighted by Gasteiger charge is -2.14. The van der Waals surface area contributed by atoms with E-state index in [1.807, 2.05) is 23.7 Å². The van der Waals surface area contributed by atoms with E-state index in [1.54, 1.807) is 18.3 Å². The molecule has 1 unspecified atom stereocenters. The Labute approximate surface area is 108 Å². The molecule has 0 fully saturated rings. The van der Waals surface area contributed by atoms with E-state index >= 15 is 0 Å². The fourth-order valence-electron chi connectivity index (χ4n) is 1.66. The number of rotatable bonds is 3. The first-order valence-electron chi connectivity index (χ1n) is 5.36. The lowest BCUT2D eigenvalue weighted by atomic mass is 10.1. The Hall–Kier alpha value is -1.33. The Kier molecular flexibility index (Phi) is 3.49. The molecule has 4 nitrogen and oxygen atoms in total. The summed E-state index contributed by atoms with van der Waals surface area (Å²) >= 11 is 3.48. The Morgan fingerprint density at radius 2 is 2.06 bits per heavy atom. The van der Waals surface area contributed by atoms with Crippen molar-refractivity contribution >= 4 is 15.9 Å². The van der Waals surface area contributed by atoms with Crippen LogP contribution >= 0.6 is 15.9 Å². The van der Waals surface area contributed by atoms with Crippen LogP contribution in [0.2, 0.25) is 0 Å². The van der Waals surface area contributed by atoms with Gasteiger partial charge in [0.05, 0.1) is 22.4 Å². The Bertz CT molecular complexity index is 507. The highest BCUT2D eigenvalue weighted by Gasteiger charge is 2.14. The second-order valence-electron chi connectivity index (χ2n) is 3.92. The van der Waals surface area contributed by atoms with Gasteiger partial charge in [0.1, 0.15) is 5.75 Å². The SMILES string of the molecule is CC(CN)n1ncc(Br)c1-c1ccc(O)cc1. The van der Waals surface area contributed by atoms with Crippen molar-refractivity contribution in [3.8, 4) is 17.0 Å². The average Bonchev–Trinajstić information content (AvgIpc) is 2.71. The molecule has 0 bridgehead atoms. The first-order valence-corrected chi connectivity index (χ1v) is 6.15. The number of benzene rings is 1. The lowest BCUT2D eigenvalue weighted by molar-refractivity contribution is 0.475. The molecule has 0 amide bonds. The molecule has 17 heavy (non-hydrogen) atoms. The quantitative estimate of drug-likeness (QED) is 0.915. The Balaban J connectivity index is 2.50. The number of phenolic OH excluding ortho intramolecular Hbond substituents is 1. The van der Waals surface area contributed by atoms with Gasteiger partial charge >= 0.3 is 0 Å². The van der Waals surface area contributed by atoms with Crippen molar-refractivity contribution in [2.75, 3.05) is 6.54 Å². The van der Waals surface area contributed by atoms with Crippen LogP contribution < -0.4 is 5.73 Å². The van der Waals surface area contributed by atoms with Gasteiger partial charge in [-0.05, 0) is 47.1 Å². The van der Waals surface area contributed by atoms with Crippen LogP contribution in [-0.2, 0) is 0 Å². The predicted octanol–water partition coefficient (Wildman–Crippen LogP) is 2.54. The van der Waals surface area contributed by atoms with Crippen molar-refractivity contribution in [1.82, 2.24) is 9.78 Å². The number of aromatic nitrogens is 2. The van der Waals surface area contributed by atoms with E-state index in [4.69, 9.17) is 5.73 Å². The predicted molar refractivity (Wildman–Crippen MR) is 70.8 cm³/mol. The smallest absolute Gasteiger partial charge is 0.115 e. The number of halogens is 1. The van der Waals surface area contributed by atoms with Crippen LogP contribution in [0.25, 0.3) is 11.3 Å². The third kappa shape index (κ3) is 2.35. The zero-order valence-electron chi connectivity index (χ0n) is 9.47. The van der Waals surface area contributed by atoms with E-state index in [0.717, 1.165) is 15.7 Å². The standard InChI is InChI=1S/C12H14BrN3O/c1-8(6-14)16-12(11(13)7-15-16)9-2-4-10(17)5-3-9/h2-5,7-8,17H,6,14H2,1H3. The van der Waals surface area contributed by atoms with Crippen molar-refractivity contribution in [3.63, 3.8) is 0 Å². The van der Waals surface area contributed by atoms with Crippen LogP contribution in [-0.4, -0.2) is 21.4 Å². The van der Waals surface area contributed by atoms with Crippen LogP contribution in [0.15, 0.2) is 34.9 Å². The van der Waals surface area contributed by atoms with Crippen molar-refractivity contribution < 1.29 is 5.11 Å². The van der Waals surface area contributed by atoms with Gasteiger partial charge in [-0.3, -0.25) is 4.68 Å². The molecule has 1 heterocycles. The second kappa shape index (κ2) is 4.89. The fraction of sp³-hybridized carbons (Fsp3) is 0.250. The van der Waals surface area contributed by atoms with Crippen LogP contribution in [0, 0.1) is 0 Å². The van der Waals surface area contributed by atoms with Gasteiger partial charge in [-0.25, -0.2) is 0 Å². The van der Waals surface area contributed by atoms with Gasteiger partial charge in [0.15, 0.2) is 0 Å². The molecular weight excluding hydrogens is 282 g/mol. The zero-order valence-corrected chi connectivity index (χ0v) is 11.1. The molecule has 0 spiro atoms. The molecule has 1 aromatic carbocycles. The molecule has 90 valence electrons. The largest absolute Gasteiger partial charge is 0.508 e. The highest BCUT2D eigenvalue weighted by Crippen LogP contribution is 2.30. The van der Waals surface area contributed by atoms with Gasteiger partial charge in [-0.15, -0.1) is 0 Å². The molecule has 0 radical (unpaired) electrons. The number of hydrogen-bond donors (Lipinski definition) is 2. The van der Waals surface area contributed by atoms with E-state index in [-0.39, 0.29) is 11.8 Å². The summed E-state index contributed by atoms with van der Waals surface area (Å²) in [5.74, 6) is 0.253. The summed E-state index contributed by atoms with van der Waals surface area (Å²) in [5, 5.41) is 13.6. The van der Waals surface area contributed by atoms with Gasteiger partial charge in [0.25, 0.3) is 0 Å². The summed E-state index contributed by atoms with van der Waals surface area (Å²) in [6, 6.07) is 7.16. The maximum atomic E-state index is 9.29. The van der Waals surface area contributed by atoms with E-state index in [2.05, 4.69) is 21.0 Å². The first kappa shape index (κ1) is 12.1. The van der Waals surface area contributed by atoms with Gasteiger partial charge in [-0.1, -0.05) is 0 Å². The van der Waals surface area contributed by atoms with Gasteiger partial charge < -0.3 is 10.8 Å². The van der Waals surface area contributed by atoms with Crippen molar-refractivity contribution in [3.05, 3.63) is 34.9 Å². The lowest BCUT2D eigenvalue weighted by Crippen LogP contribution is -2.17. The van der Waals surface area contributed by atoms with Gasteiger partial charge in [0, 0.05) is 12.1 Å². The molecule has 3 N–H and O–H groups in total. The van der Waals surface area contributed by atoms with Gasteiger partial charge in [0.2, 0.25) is 0 Å². The first-order chi connectivity index (χ1) is 8.13. The topological polar surface area (TPSA) is 64.1 Å². The Morgan fingerprint density at radius 3 is 2.65 bits per heavy atom. The van der Waals surface area contributed by atoms with E-state index < -0.39 is 0 Å². The van der Waals surface area contributed by atoms with Crippen molar-refractivity contribution in [2.24, 2.45) is 5.73 Å². The third-order valence-electron chi connectivity index (χ3n) is 2.65. The monoisotopic (exact) mass is 295 g/mol.